The van der Waals surface area contributed by atoms with Gasteiger partial charge in [-0.1, -0.05) is 170 Å². The molecule has 73 heavy (non-hydrogen) atoms. The number of furan rings is 2. The molecule has 0 radical (unpaired) electrons. The molecule has 0 amide bonds. The maximum atomic E-state index is 7.29. The van der Waals surface area contributed by atoms with Crippen molar-refractivity contribution in [2.24, 2.45) is 0 Å². The van der Waals surface area contributed by atoms with Crippen LogP contribution in [0.1, 0.15) is 22.3 Å². The molecule has 0 saturated heterocycles. The maximum Gasteiger partial charge on any atom is 0.143 e. The second-order valence-electron chi connectivity index (χ2n) is 19.4. The SMILES string of the molecule is c1ccc(N(c2ccccc2)c2ccc3c4c(c5c6ccccc6oc5c3c2)-c2c(c3ccc(N(c5ccccc5)c5ccccc5)cc3c3oc5ccccc5c23)C42c3ccccc3-c3ccccc32)cc1. The third kappa shape index (κ3) is 5.44. The Kier molecular flexibility index (Phi) is 8.35. The molecule has 0 unspecified atom stereocenters. The molecule has 2 aliphatic rings. The number of fused-ring (bicyclic) bond motifs is 24. The molecule has 0 bridgehead atoms. The zero-order valence-corrected chi connectivity index (χ0v) is 39.5. The molecule has 1 spiro atoms. The van der Waals surface area contributed by atoms with Crippen LogP contribution in [0.2, 0.25) is 0 Å². The number of hydrogen-bond donors (Lipinski definition) is 0. The quantitative estimate of drug-likeness (QED) is 0.166. The Labute approximate surface area is 420 Å². The average Bonchev–Trinajstić information content (AvgIpc) is 4.21. The van der Waals surface area contributed by atoms with Crippen LogP contribution in [0.3, 0.4) is 0 Å². The van der Waals surface area contributed by atoms with Crippen LogP contribution < -0.4 is 9.80 Å². The van der Waals surface area contributed by atoms with Crippen LogP contribution in [-0.4, -0.2) is 0 Å². The summed E-state index contributed by atoms with van der Waals surface area (Å²) in [5.41, 5.74) is 19.1. The predicted octanol–water partition coefficient (Wildman–Crippen LogP) is 19.1. The molecule has 0 N–H and O–H groups in total. The highest BCUT2D eigenvalue weighted by Crippen LogP contribution is 2.69. The van der Waals surface area contributed by atoms with E-state index in [1.54, 1.807) is 0 Å². The molecular formula is C69H42N2O2. The molecule has 340 valence electrons. The zero-order valence-electron chi connectivity index (χ0n) is 39.5. The second kappa shape index (κ2) is 15.2. The van der Waals surface area contributed by atoms with E-state index in [1.807, 2.05) is 0 Å². The second-order valence-corrected chi connectivity index (χ2v) is 19.4. The Morgan fingerprint density at radius 2 is 0.616 bits per heavy atom. The summed E-state index contributed by atoms with van der Waals surface area (Å²) in [6.07, 6.45) is 0. The molecule has 0 saturated carbocycles. The Balaban J connectivity index is 1.12. The van der Waals surface area contributed by atoms with E-state index in [0.29, 0.717) is 0 Å². The van der Waals surface area contributed by atoms with E-state index in [2.05, 4.69) is 265 Å². The molecule has 2 aliphatic carbocycles. The lowest BCUT2D eigenvalue weighted by molar-refractivity contribution is 0.672. The van der Waals surface area contributed by atoms with E-state index in [9.17, 15) is 0 Å². The van der Waals surface area contributed by atoms with Crippen molar-refractivity contribution in [2.75, 3.05) is 9.80 Å². The van der Waals surface area contributed by atoms with Crippen LogP contribution in [0.4, 0.5) is 34.1 Å². The number of nitrogens with zero attached hydrogens (tertiary/aromatic N) is 2. The van der Waals surface area contributed by atoms with Gasteiger partial charge in [0.1, 0.15) is 22.3 Å². The summed E-state index contributed by atoms with van der Waals surface area (Å²) in [5, 5.41) is 8.84. The van der Waals surface area contributed by atoms with Crippen molar-refractivity contribution >= 4 is 99.5 Å². The summed E-state index contributed by atoms with van der Waals surface area (Å²) in [6.45, 7) is 0. The van der Waals surface area contributed by atoms with Crippen LogP contribution >= 0.6 is 0 Å². The lowest BCUT2D eigenvalue weighted by atomic mass is 9.68. The largest absolute Gasteiger partial charge is 0.455 e. The third-order valence-corrected chi connectivity index (χ3v) is 15.8. The van der Waals surface area contributed by atoms with Gasteiger partial charge in [-0.2, -0.15) is 0 Å². The van der Waals surface area contributed by atoms with Gasteiger partial charge in [0.2, 0.25) is 0 Å². The smallest absolute Gasteiger partial charge is 0.143 e. The maximum absolute atomic E-state index is 7.29. The highest BCUT2D eigenvalue weighted by atomic mass is 16.3. The molecular weight excluding hydrogens is 889 g/mol. The molecule has 16 rings (SSSR count). The molecule has 12 aromatic carbocycles. The Morgan fingerprint density at radius 1 is 0.274 bits per heavy atom. The molecule has 4 heteroatoms. The van der Waals surface area contributed by atoms with Gasteiger partial charge in [0.25, 0.3) is 0 Å². The first-order valence-corrected chi connectivity index (χ1v) is 25.1. The highest BCUT2D eigenvalue weighted by molar-refractivity contribution is 6.33. The lowest BCUT2D eigenvalue weighted by Crippen LogP contribution is -2.26. The first-order chi connectivity index (χ1) is 36.3. The third-order valence-electron chi connectivity index (χ3n) is 15.8. The highest BCUT2D eigenvalue weighted by Gasteiger charge is 2.55. The number of benzene rings is 12. The van der Waals surface area contributed by atoms with Crippen LogP contribution in [0, 0.1) is 0 Å². The van der Waals surface area contributed by atoms with E-state index >= 15 is 0 Å². The number of anilines is 6. The molecule has 0 fully saturated rings. The number of para-hydroxylation sites is 6. The minimum absolute atomic E-state index is 0.756. The fourth-order valence-electron chi connectivity index (χ4n) is 13.0. The van der Waals surface area contributed by atoms with Crippen LogP contribution in [0.5, 0.6) is 0 Å². The predicted molar refractivity (Wildman–Crippen MR) is 302 cm³/mol. The standard InChI is InChI=1S/C69H42N2O2/c1-5-21-43(22-6-1)70(44-23-7-2-8-24-44)47-37-39-51-55(41-47)67-61(53-31-15-19-35-59(53)72-67)63-64-62-54-32-16-20-36-60(54)73-68(62)56-42-48(71(45-25-9-3-10-26-45)46-27-11-4-12-28-46)38-40-52(56)66(64)69(65(51)63)57-33-17-13-29-49(57)50-30-14-18-34-58(50)69/h1-42H. The molecule has 2 aromatic heterocycles. The monoisotopic (exact) mass is 930 g/mol. The van der Waals surface area contributed by atoms with Gasteiger partial charge in [0.15, 0.2) is 0 Å². The van der Waals surface area contributed by atoms with Crippen molar-refractivity contribution < 1.29 is 8.83 Å². The molecule has 0 aliphatic heterocycles. The van der Waals surface area contributed by atoms with Crippen LogP contribution in [-0.2, 0) is 5.41 Å². The van der Waals surface area contributed by atoms with Gasteiger partial charge in [0.05, 0.1) is 5.41 Å². The van der Waals surface area contributed by atoms with Gasteiger partial charge in [-0.15, -0.1) is 0 Å². The Bertz CT molecular complexity index is 4180. The first-order valence-electron chi connectivity index (χ1n) is 25.1. The number of hydrogen-bond acceptors (Lipinski definition) is 4. The summed E-state index contributed by atoms with van der Waals surface area (Å²) < 4.78 is 14.6. The zero-order chi connectivity index (χ0) is 47.8. The lowest BCUT2D eigenvalue weighted by Gasteiger charge is -2.33. The van der Waals surface area contributed by atoms with E-state index in [-0.39, 0.29) is 0 Å². The minimum atomic E-state index is -0.756. The Hall–Kier alpha value is -9.64. The molecule has 4 nitrogen and oxygen atoms in total. The summed E-state index contributed by atoms with van der Waals surface area (Å²) in [4.78, 5) is 4.71. The van der Waals surface area contributed by atoms with Crippen molar-refractivity contribution in [3.63, 3.8) is 0 Å². The van der Waals surface area contributed by atoms with E-state index in [1.165, 1.54) is 44.5 Å². The van der Waals surface area contributed by atoms with Gasteiger partial charge in [-0.05, 0) is 140 Å². The van der Waals surface area contributed by atoms with Crippen molar-refractivity contribution in [2.45, 2.75) is 5.41 Å². The number of rotatable bonds is 6. The summed E-state index contributed by atoms with van der Waals surface area (Å²) in [6, 6.07) is 92.4. The van der Waals surface area contributed by atoms with E-state index in [0.717, 1.165) is 99.5 Å². The van der Waals surface area contributed by atoms with Crippen molar-refractivity contribution in [1.29, 1.82) is 0 Å². The van der Waals surface area contributed by atoms with Gasteiger partial charge in [0, 0.05) is 66.4 Å². The van der Waals surface area contributed by atoms with Gasteiger partial charge < -0.3 is 18.6 Å². The Morgan fingerprint density at radius 3 is 1.01 bits per heavy atom. The average molecular weight is 931 g/mol. The van der Waals surface area contributed by atoms with Crippen LogP contribution in [0.25, 0.3) is 87.7 Å². The van der Waals surface area contributed by atoms with Crippen LogP contribution in [0.15, 0.2) is 264 Å². The summed E-state index contributed by atoms with van der Waals surface area (Å²) in [7, 11) is 0. The normalized spacial score (nSPS) is 13.0. The van der Waals surface area contributed by atoms with Crippen molar-refractivity contribution in [3.8, 4) is 22.3 Å². The topological polar surface area (TPSA) is 32.8 Å². The minimum Gasteiger partial charge on any atom is -0.455 e. The molecule has 2 heterocycles. The first kappa shape index (κ1) is 40.1. The van der Waals surface area contributed by atoms with Crippen molar-refractivity contribution in [1.82, 2.24) is 0 Å². The molecule has 0 atom stereocenters. The van der Waals surface area contributed by atoms with E-state index in [4.69, 9.17) is 8.83 Å². The summed E-state index contributed by atoms with van der Waals surface area (Å²) >= 11 is 0. The fourth-order valence-corrected chi connectivity index (χ4v) is 13.0. The van der Waals surface area contributed by atoms with Gasteiger partial charge in [-0.25, -0.2) is 0 Å². The van der Waals surface area contributed by atoms with Crippen molar-refractivity contribution in [3.05, 3.63) is 277 Å². The summed E-state index contributed by atoms with van der Waals surface area (Å²) in [5.74, 6) is 0. The van der Waals surface area contributed by atoms with Gasteiger partial charge in [-0.3, -0.25) is 0 Å². The fraction of sp³-hybridized carbons (Fsp3) is 0.0145. The molecule has 14 aromatic rings. The van der Waals surface area contributed by atoms with Gasteiger partial charge >= 0.3 is 0 Å². The van der Waals surface area contributed by atoms with E-state index < -0.39 is 5.41 Å².